The Morgan fingerprint density at radius 2 is 1.33 bits per heavy atom. The number of hydrogen-bond donors (Lipinski definition) is 0. The topological polar surface area (TPSA) is 63.2 Å². The summed E-state index contributed by atoms with van der Waals surface area (Å²) in [5, 5.41) is 0. The molecule has 206 valence electrons. The molecule has 0 N–H and O–H groups in total. The van der Waals surface area contributed by atoms with Gasteiger partial charge < -0.3 is 23.7 Å². The molecule has 0 heterocycles. The third kappa shape index (κ3) is 6.93. The fraction of sp³-hybridized carbons (Fsp3) is 0.233. The third-order valence-corrected chi connectivity index (χ3v) is 5.91. The second-order valence-corrected chi connectivity index (χ2v) is 8.21. The van der Waals surface area contributed by atoms with Crippen molar-refractivity contribution in [3.63, 3.8) is 0 Å². The maximum absolute atomic E-state index is 12.8. The summed E-state index contributed by atoms with van der Waals surface area (Å²) in [4.78, 5) is 12.6. The summed E-state index contributed by atoms with van der Waals surface area (Å²) in [6.07, 6.45) is 2.53. The van der Waals surface area contributed by atoms with Crippen LogP contribution in [0.2, 0.25) is 0 Å². The van der Waals surface area contributed by atoms with E-state index in [1.807, 2.05) is 18.2 Å². The molecule has 0 saturated carbocycles. The first-order chi connectivity index (χ1) is 18.7. The number of alkyl halides is 3. The lowest BCUT2D eigenvalue weighted by molar-refractivity contribution is -0.137. The van der Waals surface area contributed by atoms with Gasteiger partial charge in [-0.25, -0.2) is 0 Å². The average Bonchev–Trinajstić information content (AvgIpc) is 2.94. The van der Waals surface area contributed by atoms with Crippen LogP contribution >= 0.6 is 0 Å². The molecule has 0 aliphatic carbocycles. The summed E-state index contributed by atoms with van der Waals surface area (Å²) < 4.78 is 65.7. The van der Waals surface area contributed by atoms with Crippen molar-refractivity contribution in [1.29, 1.82) is 0 Å². The van der Waals surface area contributed by atoms with Crippen molar-refractivity contribution in [2.45, 2.75) is 12.6 Å². The Bertz CT molecular complexity index is 1330. The molecule has 0 radical (unpaired) electrons. The molecular formula is C30H29F3O6. The van der Waals surface area contributed by atoms with Gasteiger partial charge in [0.2, 0.25) is 5.75 Å². The standard InChI is InChI=1S/C30H29F3O6/c1-35-25-16-13-20(10-9-19-17-26(36-2)29(39-5)27(18-19)37-3)23(28(25)38-4)7-6-8-24(34)21-11-14-22(15-12-21)30(31,32)33/h6,8-18H,7H2,1-5H3/b8-6-,10-9-. The van der Waals surface area contributed by atoms with Crippen molar-refractivity contribution in [3.8, 4) is 28.7 Å². The lowest BCUT2D eigenvalue weighted by Crippen LogP contribution is -2.05. The van der Waals surface area contributed by atoms with Gasteiger partial charge in [0, 0.05) is 11.1 Å². The number of ketones is 1. The van der Waals surface area contributed by atoms with Crippen LogP contribution in [-0.4, -0.2) is 41.3 Å². The molecule has 0 saturated heterocycles. The third-order valence-electron chi connectivity index (χ3n) is 5.91. The number of carbonyl (C=O) groups excluding carboxylic acids is 1. The SMILES string of the molecule is COc1cc(/C=C\c2ccc(OC)c(OC)c2C/C=C\C(=O)c2ccc(C(F)(F)F)cc2)cc(OC)c1OC. The summed E-state index contributed by atoms with van der Waals surface area (Å²) in [5.74, 6) is 2.09. The molecule has 6 nitrogen and oxygen atoms in total. The van der Waals surface area contributed by atoms with Crippen molar-refractivity contribution in [2.75, 3.05) is 35.5 Å². The van der Waals surface area contributed by atoms with Gasteiger partial charge in [0.1, 0.15) is 0 Å². The van der Waals surface area contributed by atoms with Gasteiger partial charge in [0.15, 0.2) is 28.8 Å². The monoisotopic (exact) mass is 542 g/mol. The number of halogens is 3. The zero-order chi connectivity index (χ0) is 28.6. The lowest BCUT2D eigenvalue weighted by atomic mass is 10.00. The highest BCUT2D eigenvalue weighted by Gasteiger charge is 2.30. The first-order valence-corrected chi connectivity index (χ1v) is 11.8. The normalized spacial score (nSPS) is 11.6. The zero-order valence-electron chi connectivity index (χ0n) is 22.2. The van der Waals surface area contributed by atoms with Gasteiger partial charge in [-0.05, 0) is 54.0 Å². The first-order valence-electron chi connectivity index (χ1n) is 11.8. The number of methoxy groups -OCH3 is 5. The van der Waals surface area contributed by atoms with Crippen LogP contribution in [0.5, 0.6) is 28.7 Å². The van der Waals surface area contributed by atoms with E-state index in [1.165, 1.54) is 41.6 Å². The Labute approximate surface area is 225 Å². The van der Waals surface area contributed by atoms with Gasteiger partial charge >= 0.3 is 6.18 Å². The maximum atomic E-state index is 12.8. The van der Waals surface area contributed by atoms with Crippen molar-refractivity contribution in [1.82, 2.24) is 0 Å². The molecule has 39 heavy (non-hydrogen) atoms. The van der Waals surface area contributed by atoms with Crippen LogP contribution in [-0.2, 0) is 12.6 Å². The van der Waals surface area contributed by atoms with Crippen LogP contribution in [0.4, 0.5) is 13.2 Å². The van der Waals surface area contributed by atoms with Crippen LogP contribution in [0.3, 0.4) is 0 Å². The lowest BCUT2D eigenvalue weighted by Gasteiger charge is -2.15. The van der Waals surface area contributed by atoms with Crippen LogP contribution in [0.25, 0.3) is 12.2 Å². The highest BCUT2D eigenvalue weighted by molar-refractivity contribution is 6.04. The molecule has 3 aromatic rings. The van der Waals surface area contributed by atoms with E-state index in [2.05, 4.69) is 0 Å². The van der Waals surface area contributed by atoms with E-state index >= 15 is 0 Å². The van der Waals surface area contributed by atoms with E-state index in [0.717, 1.165) is 41.0 Å². The van der Waals surface area contributed by atoms with Gasteiger partial charge in [-0.2, -0.15) is 13.2 Å². The van der Waals surface area contributed by atoms with Gasteiger partial charge in [0.25, 0.3) is 0 Å². The van der Waals surface area contributed by atoms with Crippen LogP contribution in [0.1, 0.15) is 32.6 Å². The predicted octanol–water partition coefficient (Wildman–Crippen LogP) is 6.90. The Balaban J connectivity index is 1.92. The van der Waals surface area contributed by atoms with Crippen LogP contribution in [0, 0.1) is 0 Å². The number of hydrogen-bond acceptors (Lipinski definition) is 6. The van der Waals surface area contributed by atoms with Crippen molar-refractivity contribution in [3.05, 3.63) is 88.5 Å². The second kappa shape index (κ2) is 12.9. The minimum Gasteiger partial charge on any atom is -0.493 e. The van der Waals surface area contributed by atoms with E-state index < -0.39 is 17.5 Å². The van der Waals surface area contributed by atoms with E-state index in [-0.39, 0.29) is 5.56 Å². The molecule has 3 rings (SSSR count). The van der Waals surface area contributed by atoms with E-state index in [4.69, 9.17) is 23.7 Å². The molecule has 3 aromatic carbocycles. The highest BCUT2D eigenvalue weighted by atomic mass is 19.4. The minimum absolute atomic E-state index is 0.152. The minimum atomic E-state index is -4.47. The highest BCUT2D eigenvalue weighted by Crippen LogP contribution is 2.39. The number of benzene rings is 3. The van der Waals surface area contributed by atoms with Gasteiger partial charge in [0.05, 0.1) is 41.1 Å². The summed E-state index contributed by atoms with van der Waals surface area (Å²) in [6, 6.07) is 11.3. The molecule has 0 amide bonds. The largest absolute Gasteiger partial charge is 0.493 e. The fourth-order valence-electron chi connectivity index (χ4n) is 3.96. The Morgan fingerprint density at radius 1 is 0.744 bits per heavy atom. The van der Waals surface area contributed by atoms with Crippen molar-refractivity contribution in [2.24, 2.45) is 0 Å². The number of rotatable bonds is 11. The molecule has 9 heteroatoms. The molecule has 0 atom stereocenters. The predicted molar refractivity (Wildman–Crippen MR) is 143 cm³/mol. The average molecular weight is 543 g/mol. The molecule has 0 aliphatic heterocycles. The molecule has 0 fully saturated rings. The van der Waals surface area contributed by atoms with Crippen molar-refractivity contribution < 1.29 is 41.7 Å². The fourth-order valence-corrected chi connectivity index (χ4v) is 3.96. The molecule has 0 unspecified atom stereocenters. The Morgan fingerprint density at radius 3 is 1.85 bits per heavy atom. The molecule has 0 bridgehead atoms. The van der Waals surface area contributed by atoms with Crippen LogP contribution in [0.15, 0.2) is 60.7 Å². The van der Waals surface area contributed by atoms with Crippen LogP contribution < -0.4 is 23.7 Å². The van der Waals surface area contributed by atoms with Gasteiger partial charge in [-0.3, -0.25) is 4.79 Å². The smallest absolute Gasteiger partial charge is 0.416 e. The van der Waals surface area contributed by atoms with Crippen molar-refractivity contribution >= 4 is 17.9 Å². The van der Waals surface area contributed by atoms with Gasteiger partial charge in [-0.15, -0.1) is 0 Å². The number of ether oxygens (including phenoxy) is 5. The molecular weight excluding hydrogens is 513 g/mol. The Hall–Kier alpha value is -4.40. The number of carbonyl (C=O) groups is 1. The molecule has 0 aromatic heterocycles. The second-order valence-electron chi connectivity index (χ2n) is 8.21. The zero-order valence-corrected chi connectivity index (χ0v) is 22.2. The first kappa shape index (κ1) is 29.2. The summed E-state index contributed by atoms with van der Waals surface area (Å²) in [6.45, 7) is 0. The summed E-state index contributed by atoms with van der Waals surface area (Å²) in [7, 11) is 7.65. The maximum Gasteiger partial charge on any atom is 0.416 e. The summed E-state index contributed by atoms with van der Waals surface area (Å²) >= 11 is 0. The van der Waals surface area contributed by atoms with E-state index in [0.29, 0.717) is 35.2 Å². The number of allylic oxidation sites excluding steroid dienone is 2. The van der Waals surface area contributed by atoms with E-state index in [9.17, 15) is 18.0 Å². The molecule has 0 spiro atoms. The Kier molecular flexibility index (Phi) is 9.65. The van der Waals surface area contributed by atoms with Gasteiger partial charge in [-0.1, -0.05) is 36.4 Å². The summed E-state index contributed by atoms with van der Waals surface area (Å²) in [5.41, 5.74) is 1.68. The quantitative estimate of drug-likeness (QED) is 0.149. The van der Waals surface area contributed by atoms with E-state index in [1.54, 1.807) is 24.3 Å². The molecule has 0 aliphatic rings.